The predicted octanol–water partition coefficient (Wildman–Crippen LogP) is 3.90. The number of fused-ring (bicyclic) bond motifs is 1. The summed E-state index contributed by atoms with van der Waals surface area (Å²) in [7, 11) is 0. The van der Waals surface area contributed by atoms with Crippen molar-refractivity contribution in [2.24, 2.45) is 0 Å². The second-order valence-corrected chi connectivity index (χ2v) is 5.92. The van der Waals surface area contributed by atoms with E-state index < -0.39 is 0 Å². The van der Waals surface area contributed by atoms with Crippen molar-refractivity contribution in [1.82, 2.24) is 9.97 Å². The van der Waals surface area contributed by atoms with E-state index in [1.165, 1.54) is 17.3 Å². The number of aromatic nitrogens is 2. The topological polar surface area (TPSA) is 61.6 Å². The van der Waals surface area contributed by atoms with Gasteiger partial charge in [0.1, 0.15) is 5.82 Å². The van der Waals surface area contributed by atoms with Gasteiger partial charge in [0.15, 0.2) is 5.16 Å². The Hall–Kier alpha value is -2.58. The van der Waals surface area contributed by atoms with Crippen molar-refractivity contribution < 1.29 is 0 Å². The Labute approximate surface area is 139 Å². The van der Waals surface area contributed by atoms with Gasteiger partial charge in [0, 0.05) is 11.9 Å². The van der Waals surface area contributed by atoms with E-state index in [1.54, 1.807) is 0 Å². The average molecular weight is 320 g/mol. The van der Waals surface area contributed by atoms with Crippen LogP contribution in [-0.4, -0.2) is 22.3 Å². The largest absolute Gasteiger partial charge is 0.369 e. The van der Waals surface area contributed by atoms with E-state index in [-0.39, 0.29) is 0 Å². The SMILES string of the molecule is N#CCSc1nc(NCCc2ccccc2)c2ccccc2n1. The van der Waals surface area contributed by atoms with Crippen LogP contribution in [0.4, 0.5) is 5.82 Å². The molecule has 0 aliphatic carbocycles. The normalized spacial score (nSPS) is 10.4. The summed E-state index contributed by atoms with van der Waals surface area (Å²) < 4.78 is 0. The number of nitrogens with zero attached hydrogens (tertiary/aromatic N) is 3. The Bertz CT molecular complexity index is 827. The van der Waals surface area contributed by atoms with Crippen molar-refractivity contribution in [3.8, 4) is 6.07 Å². The first-order valence-corrected chi connectivity index (χ1v) is 8.40. The van der Waals surface area contributed by atoms with Crippen molar-refractivity contribution in [3.63, 3.8) is 0 Å². The van der Waals surface area contributed by atoms with E-state index in [1.807, 2.05) is 42.5 Å². The molecule has 0 aliphatic rings. The Morgan fingerprint density at radius 1 is 1.00 bits per heavy atom. The molecule has 5 heteroatoms. The van der Waals surface area contributed by atoms with E-state index in [4.69, 9.17) is 5.26 Å². The van der Waals surface area contributed by atoms with Crippen LogP contribution >= 0.6 is 11.8 Å². The lowest BCUT2D eigenvalue weighted by Crippen LogP contribution is -2.08. The number of hydrogen-bond donors (Lipinski definition) is 1. The molecule has 0 atom stereocenters. The number of para-hydroxylation sites is 1. The average Bonchev–Trinajstić information content (AvgIpc) is 2.61. The van der Waals surface area contributed by atoms with Gasteiger partial charge in [0.25, 0.3) is 0 Å². The van der Waals surface area contributed by atoms with Crippen LogP contribution in [0.1, 0.15) is 5.56 Å². The first-order chi connectivity index (χ1) is 11.4. The molecular formula is C18H16N4S. The van der Waals surface area contributed by atoms with Crippen LogP contribution in [0.25, 0.3) is 10.9 Å². The Kier molecular flexibility index (Phi) is 5.07. The maximum absolute atomic E-state index is 8.74. The van der Waals surface area contributed by atoms with Crippen LogP contribution < -0.4 is 5.32 Å². The van der Waals surface area contributed by atoms with E-state index >= 15 is 0 Å². The molecule has 0 saturated heterocycles. The molecule has 3 rings (SSSR count). The molecule has 0 radical (unpaired) electrons. The highest BCUT2D eigenvalue weighted by Gasteiger charge is 2.07. The molecule has 1 heterocycles. The molecule has 0 fully saturated rings. The number of nitrogens with one attached hydrogen (secondary N) is 1. The molecule has 2 aromatic carbocycles. The van der Waals surface area contributed by atoms with E-state index in [9.17, 15) is 0 Å². The molecule has 1 aromatic heterocycles. The highest BCUT2D eigenvalue weighted by Crippen LogP contribution is 2.24. The van der Waals surface area contributed by atoms with E-state index in [0.717, 1.165) is 29.7 Å². The number of anilines is 1. The standard InChI is InChI=1S/C18H16N4S/c19-11-13-23-18-21-16-9-5-4-8-15(16)17(22-18)20-12-10-14-6-2-1-3-7-14/h1-9H,10,12-13H2,(H,20,21,22). The molecule has 0 saturated carbocycles. The summed E-state index contributed by atoms with van der Waals surface area (Å²) in [6, 6.07) is 20.4. The van der Waals surface area contributed by atoms with Crippen molar-refractivity contribution in [1.29, 1.82) is 5.26 Å². The smallest absolute Gasteiger partial charge is 0.191 e. The van der Waals surface area contributed by atoms with Crippen LogP contribution in [0, 0.1) is 11.3 Å². The third kappa shape index (κ3) is 3.99. The zero-order chi connectivity index (χ0) is 15.9. The third-order valence-electron chi connectivity index (χ3n) is 3.40. The number of thioether (sulfide) groups is 1. The zero-order valence-electron chi connectivity index (χ0n) is 12.6. The molecule has 0 aliphatic heterocycles. The molecule has 3 aromatic rings. The quantitative estimate of drug-likeness (QED) is 0.551. The fraction of sp³-hybridized carbons (Fsp3) is 0.167. The Morgan fingerprint density at radius 2 is 1.78 bits per heavy atom. The molecular weight excluding hydrogens is 304 g/mol. The summed E-state index contributed by atoms with van der Waals surface area (Å²) in [6.45, 7) is 0.799. The van der Waals surface area contributed by atoms with Crippen LogP contribution in [0.2, 0.25) is 0 Å². The molecule has 23 heavy (non-hydrogen) atoms. The summed E-state index contributed by atoms with van der Waals surface area (Å²) >= 11 is 1.36. The molecule has 0 unspecified atom stereocenters. The maximum Gasteiger partial charge on any atom is 0.191 e. The second-order valence-electron chi connectivity index (χ2n) is 4.98. The third-order valence-corrected chi connectivity index (χ3v) is 4.11. The van der Waals surface area contributed by atoms with Crippen molar-refractivity contribution in [2.75, 3.05) is 17.6 Å². The van der Waals surface area contributed by atoms with Gasteiger partial charge in [0.05, 0.1) is 17.3 Å². The molecule has 0 bridgehead atoms. The minimum absolute atomic E-state index is 0.349. The van der Waals surface area contributed by atoms with Crippen LogP contribution in [0.3, 0.4) is 0 Å². The molecule has 0 spiro atoms. The molecule has 0 amide bonds. The van der Waals surface area contributed by atoms with Crippen molar-refractivity contribution >= 4 is 28.5 Å². The van der Waals surface area contributed by atoms with Gasteiger partial charge in [-0.15, -0.1) is 0 Å². The van der Waals surface area contributed by atoms with Gasteiger partial charge in [-0.3, -0.25) is 0 Å². The Morgan fingerprint density at radius 3 is 2.61 bits per heavy atom. The number of benzene rings is 2. The summed E-state index contributed by atoms with van der Waals surface area (Å²) in [4.78, 5) is 9.06. The summed E-state index contributed by atoms with van der Waals surface area (Å²) in [5.41, 5.74) is 2.18. The summed E-state index contributed by atoms with van der Waals surface area (Å²) in [6.07, 6.45) is 0.930. The number of nitriles is 1. The first-order valence-electron chi connectivity index (χ1n) is 7.41. The second kappa shape index (κ2) is 7.61. The van der Waals surface area contributed by atoms with Gasteiger partial charge in [-0.1, -0.05) is 54.2 Å². The van der Waals surface area contributed by atoms with Crippen LogP contribution in [-0.2, 0) is 6.42 Å². The van der Waals surface area contributed by atoms with Crippen LogP contribution in [0.15, 0.2) is 59.8 Å². The monoisotopic (exact) mass is 320 g/mol. The van der Waals surface area contributed by atoms with Gasteiger partial charge in [0.2, 0.25) is 0 Å². The maximum atomic E-state index is 8.74. The Balaban J connectivity index is 1.79. The van der Waals surface area contributed by atoms with Crippen molar-refractivity contribution in [2.45, 2.75) is 11.6 Å². The highest BCUT2D eigenvalue weighted by molar-refractivity contribution is 7.99. The number of hydrogen-bond acceptors (Lipinski definition) is 5. The van der Waals surface area contributed by atoms with Gasteiger partial charge in [-0.25, -0.2) is 9.97 Å². The fourth-order valence-electron chi connectivity index (χ4n) is 2.32. The minimum atomic E-state index is 0.349. The van der Waals surface area contributed by atoms with Crippen molar-refractivity contribution in [3.05, 3.63) is 60.2 Å². The lowest BCUT2D eigenvalue weighted by molar-refractivity contribution is 0.963. The number of rotatable bonds is 6. The van der Waals surface area contributed by atoms with Gasteiger partial charge >= 0.3 is 0 Å². The highest BCUT2D eigenvalue weighted by atomic mass is 32.2. The van der Waals surface area contributed by atoms with Gasteiger partial charge in [-0.2, -0.15) is 5.26 Å². The first kappa shape index (κ1) is 15.3. The molecule has 4 nitrogen and oxygen atoms in total. The predicted molar refractivity (Wildman–Crippen MR) is 94.5 cm³/mol. The van der Waals surface area contributed by atoms with E-state index in [2.05, 4.69) is 33.5 Å². The van der Waals surface area contributed by atoms with Crippen LogP contribution in [0.5, 0.6) is 0 Å². The van der Waals surface area contributed by atoms with Gasteiger partial charge < -0.3 is 5.32 Å². The van der Waals surface area contributed by atoms with Gasteiger partial charge in [-0.05, 0) is 24.1 Å². The minimum Gasteiger partial charge on any atom is -0.369 e. The molecule has 1 N–H and O–H groups in total. The summed E-state index contributed by atoms with van der Waals surface area (Å²) in [5.74, 6) is 1.17. The lowest BCUT2D eigenvalue weighted by Gasteiger charge is -2.10. The van der Waals surface area contributed by atoms with E-state index in [0.29, 0.717) is 10.9 Å². The molecule has 114 valence electrons. The zero-order valence-corrected chi connectivity index (χ0v) is 13.4. The fourth-order valence-corrected chi connectivity index (χ4v) is 2.83. The lowest BCUT2D eigenvalue weighted by atomic mass is 10.1. The summed E-state index contributed by atoms with van der Waals surface area (Å²) in [5, 5.41) is 13.8.